The number of amides is 1. The molecule has 1 atom stereocenters. The molecule has 0 unspecified atom stereocenters. The standard InChI is InChI=1S/C20H17ClN2O3/c1-13-7-8-15(21)11-17(13)18-10-9-16(26-18)12-22-23-20(25)19(24)14-5-3-2-4-6-14/h2-12,19,24H,1H3,(H,23,25)/b22-12-/t19-/m1/s1. The number of nitrogens with zero attached hydrogens (tertiary/aromatic N) is 1. The van der Waals surface area contributed by atoms with Crippen molar-refractivity contribution in [1.82, 2.24) is 5.43 Å². The summed E-state index contributed by atoms with van der Waals surface area (Å²) < 4.78 is 5.71. The van der Waals surface area contributed by atoms with Crippen molar-refractivity contribution in [3.63, 3.8) is 0 Å². The van der Waals surface area contributed by atoms with E-state index in [1.54, 1.807) is 36.4 Å². The SMILES string of the molecule is Cc1ccc(Cl)cc1-c1ccc(/C=N\NC(=O)[C@H](O)c2ccccc2)o1. The molecule has 0 saturated heterocycles. The molecule has 132 valence electrons. The number of furan rings is 1. The van der Waals surface area contributed by atoms with E-state index < -0.39 is 12.0 Å². The number of aryl methyl sites for hydroxylation is 1. The zero-order valence-electron chi connectivity index (χ0n) is 14.0. The Balaban J connectivity index is 1.66. The number of hydrogen-bond acceptors (Lipinski definition) is 4. The van der Waals surface area contributed by atoms with E-state index in [0.29, 0.717) is 22.1 Å². The van der Waals surface area contributed by atoms with Gasteiger partial charge in [-0.3, -0.25) is 4.79 Å². The Hall–Kier alpha value is -2.89. The van der Waals surface area contributed by atoms with E-state index in [4.69, 9.17) is 16.0 Å². The summed E-state index contributed by atoms with van der Waals surface area (Å²) in [5, 5.41) is 14.4. The van der Waals surface area contributed by atoms with Crippen molar-refractivity contribution in [2.45, 2.75) is 13.0 Å². The molecule has 0 fully saturated rings. The molecule has 0 saturated carbocycles. The second kappa shape index (κ2) is 7.99. The lowest BCUT2D eigenvalue weighted by Gasteiger charge is -2.08. The van der Waals surface area contributed by atoms with Crippen LogP contribution in [0.5, 0.6) is 0 Å². The molecule has 5 nitrogen and oxygen atoms in total. The van der Waals surface area contributed by atoms with Crippen LogP contribution in [0.1, 0.15) is 23.0 Å². The minimum atomic E-state index is -1.28. The predicted molar refractivity (Wildman–Crippen MR) is 101 cm³/mol. The first kappa shape index (κ1) is 17.9. The molecule has 2 aromatic carbocycles. The van der Waals surface area contributed by atoms with Gasteiger partial charge < -0.3 is 9.52 Å². The number of benzene rings is 2. The van der Waals surface area contributed by atoms with Gasteiger partial charge >= 0.3 is 0 Å². The molecule has 1 aromatic heterocycles. The van der Waals surface area contributed by atoms with Gasteiger partial charge in [0.25, 0.3) is 5.91 Å². The molecule has 0 radical (unpaired) electrons. The third-order valence-electron chi connectivity index (χ3n) is 3.82. The lowest BCUT2D eigenvalue weighted by molar-refractivity contribution is -0.129. The van der Waals surface area contributed by atoms with Gasteiger partial charge in [-0.2, -0.15) is 5.10 Å². The van der Waals surface area contributed by atoms with Crippen molar-refractivity contribution in [1.29, 1.82) is 0 Å². The number of hydrazone groups is 1. The molecular formula is C20H17ClN2O3. The van der Waals surface area contributed by atoms with Crippen LogP contribution >= 0.6 is 11.6 Å². The Morgan fingerprint density at radius 3 is 2.73 bits per heavy atom. The second-order valence-corrected chi connectivity index (χ2v) is 6.15. The fraction of sp³-hybridized carbons (Fsp3) is 0.100. The largest absolute Gasteiger partial charge is 0.455 e. The van der Waals surface area contributed by atoms with E-state index in [0.717, 1.165) is 11.1 Å². The van der Waals surface area contributed by atoms with Crippen molar-refractivity contribution in [2.24, 2.45) is 5.10 Å². The maximum Gasteiger partial charge on any atom is 0.273 e. The van der Waals surface area contributed by atoms with Crippen LogP contribution in [-0.2, 0) is 4.79 Å². The Morgan fingerprint density at radius 2 is 1.96 bits per heavy atom. The van der Waals surface area contributed by atoms with Gasteiger partial charge in [-0.1, -0.05) is 48.0 Å². The topological polar surface area (TPSA) is 74.8 Å². The van der Waals surface area contributed by atoms with E-state index in [1.165, 1.54) is 6.21 Å². The van der Waals surface area contributed by atoms with E-state index in [-0.39, 0.29) is 0 Å². The van der Waals surface area contributed by atoms with Gasteiger partial charge in [0.1, 0.15) is 11.5 Å². The van der Waals surface area contributed by atoms with Crippen LogP contribution < -0.4 is 5.43 Å². The van der Waals surface area contributed by atoms with Crippen LogP contribution in [0.15, 0.2) is 70.2 Å². The molecule has 0 aliphatic carbocycles. The molecule has 0 aliphatic heterocycles. The number of halogens is 1. The fourth-order valence-corrected chi connectivity index (χ4v) is 2.61. The number of nitrogens with one attached hydrogen (secondary N) is 1. The van der Waals surface area contributed by atoms with Gasteiger partial charge in [0.05, 0.1) is 6.21 Å². The summed E-state index contributed by atoms with van der Waals surface area (Å²) in [5.41, 5.74) is 4.72. The number of rotatable bonds is 5. The second-order valence-electron chi connectivity index (χ2n) is 5.71. The van der Waals surface area contributed by atoms with Gasteiger partial charge in [0, 0.05) is 10.6 Å². The first-order chi connectivity index (χ1) is 12.5. The maximum absolute atomic E-state index is 11.9. The summed E-state index contributed by atoms with van der Waals surface area (Å²) in [7, 11) is 0. The molecule has 3 aromatic rings. The Labute approximate surface area is 155 Å². The highest BCUT2D eigenvalue weighted by Crippen LogP contribution is 2.27. The van der Waals surface area contributed by atoms with Gasteiger partial charge in [-0.15, -0.1) is 0 Å². The number of hydrogen-bond donors (Lipinski definition) is 2. The van der Waals surface area contributed by atoms with Crippen molar-refractivity contribution in [3.8, 4) is 11.3 Å². The van der Waals surface area contributed by atoms with Gasteiger partial charge in [-0.25, -0.2) is 5.43 Å². The van der Waals surface area contributed by atoms with Crippen LogP contribution in [0.4, 0.5) is 0 Å². The van der Waals surface area contributed by atoms with Crippen LogP contribution in [0.3, 0.4) is 0 Å². The summed E-state index contributed by atoms with van der Waals surface area (Å²) >= 11 is 6.03. The van der Waals surface area contributed by atoms with Crippen LogP contribution in [-0.4, -0.2) is 17.2 Å². The van der Waals surface area contributed by atoms with Crippen molar-refractivity contribution in [2.75, 3.05) is 0 Å². The Kier molecular flexibility index (Phi) is 5.51. The zero-order chi connectivity index (χ0) is 18.5. The van der Waals surface area contributed by atoms with E-state index in [1.807, 2.05) is 31.2 Å². The van der Waals surface area contributed by atoms with Crippen molar-refractivity contribution >= 4 is 23.7 Å². The van der Waals surface area contributed by atoms with Crippen LogP contribution in [0.2, 0.25) is 5.02 Å². The smallest absolute Gasteiger partial charge is 0.273 e. The molecule has 6 heteroatoms. The summed E-state index contributed by atoms with van der Waals surface area (Å²) in [4.78, 5) is 11.9. The molecule has 26 heavy (non-hydrogen) atoms. The minimum Gasteiger partial charge on any atom is -0.455 e. The first-order valence-electron chi connectivity index (χ1n) is 7.97. The molecule has 1 amide bonds. The minimum absolute atomic E-state index is 0.467. The Bertz CT molecular complexity index is 935. The molecular weight excluding hydrogens is 352 g/mol. The first-order valence-corrected chi connectivity index (χ1v) is 8.34. The van der Waals surface area contributed by atoms with Crippen LogP contribution in [0.25, 0.3) is 11.3 Å². The summed E-state index contributed by atoms with van der Waals surface area (Å²) in [6.45, 7) is 1.97. The summed E-state index contributed by atoms with van der Waals surface area (Å²) in [6.07, 6.45) is 0.0912. The zero-order valence-corrected chi connectivity index (χ0v) is 14.8. The average Bonchev–Trinajstić information content (AvgIpc) is 3.12. The van der Waals surface area contributed by atoms with Crippen LogP contribution in [0, 0.1) is 6.92 Å². The highest BCUT2D eigenvalue weighted by Gasteiger charge is 2.16. The predicted octanol–water partition coefficient (Wildman–Crippen LogP) is 4.09. The lowest BCUT2D eigenvalue weighted by Crippen LogP contribution is -2.25. The number of aliphatic hydroxyl groups is 1. The third-order valence-corrected chi connectivity index (χ3v) is 4.06. The number of aliphatic hydroxyl groups excluding tert-OH is 1. The molecule has 0 aliphatic rings. The van der Waals surface area contributed by atoms with Gasteiger partial charge in [0.15, 0.2) is 6.10 Å². The summed E-state index contributed by atoms with van der Waals surface area (Å²) in [5.74, 6) is 0.501. The third kappa shape index (κ3) is 4.20. The highest BCUT2D eigenvalue weighted by atomic mass is 35.5. The molecule has 3 rings (SSSR count). The van der Waals surface area contributed by atoms with E-state index >= 15 is 0 Å². The van der Waals surface area contributed by atoms with Crippen molar-refractivity contribution in [3.05, 3.63) is 82.6 Å². The quantitative estimate of drug-likeness (QED) is 0.526. The van der Waals surface area contributed by atoms with Gasteiger partial charge in [0.2, 0.25) is 0 Å². The average molecular weight is 369 g/mol. The van der Waals surface area contributed by atoms with Gasteiger partial charge in [-0.05, 0) is 42.3 Å². The fourth-order valence-electron chi connectivity index (χ4n) is 2.43. The number of carbonyl (C=O) groups excluding carboxylic acids is 1. The number of carbonyl (C=O) groups is 1. The molecule has 0 spiro atoms. The molecule has 2 N–H and O–H groups in total. The van der Waals surface area contributed by atoms with E-state index in [9.17, 15) is 9.90 Å². The Morgan fingerprint density at radius 1 is 1.19 bits per heavy atom. The molecule has 0 bridgehead atoms. The maximum atomic E-state index is 11.9. The van der Waals surface area contributed by atoms with E-state index in [2.05, 4.69) is 10.5 Å². The monoisotopic (exact) mass is 368 g/mol. The normalized spacial score (nSPS) is 12.3. The summed E-state index contributed by atoms with van der Waals surface area (Å²) in [6, 6.07) is 17.7. The lowest BCUT2D eigenvalue weighted by atomic mass is 10.1. The van der Waals surface area contributed by atoms with Crippen molar-refractivity contribution < 1.29 is 14.3 Å². The highest BCUT2D eigenvalue weighted by molar-refractivity contribution is 6.30. The molecule has 1 heterocycles.